The Kier molecular flexibility index (Phi) is 6.77. The van der Waals surface area contributed by atoms with Gasteiger partial charge in [-0.25, -0.2) is 4.98 Å². The Morgan fingerprint density at radius 3 is 1.77 bits per heavy atom. The van der Waals surface area contributed by atoms with Crippen LogP contribution in [0.1, 0.15) is 30.5 Å². The van der Waals surface area contributed by atoms with Crippen LogP contribution in [0.15, 0.2) is 146 Å². The molecular weight excluding hydrogens is 557 g/mol. The number of anilines is 3. The second-order valence-electron chi connectivity index (χ2n) is 11.5. The fourth-order valence-corrected chi connectivity index (χ4v) is 8.90. The van der Waals surface area contributed by atoms with E-state index in [1.807, 2.05) is 91.0 Å². The van der Waals surface area contributed by atoms with Gasteiger partial charge >= 0.3 is 0 Å². The fraction of sp³-hybridized carbons (Fsp3) is 0.0769. The Bertz CT molecular complexity index is 2010. The van der Waals surface area contributed by atoms with Crippen LogP contribution in [0.25, 0.3) is 11.3 Å². The number of rotatable bonds is 5. The molecule has 0 spiro atoms. The number of nitrogens with zero attached hydrogens (tertiary/aromatic N) is 3. The smallest absolute Gasteiger partial charge is 0.188 e. The number of aromatic nitrogens is 1. The Morgan fingerprint density at radius 2 is 1.20 bits per heavy atom. The number of pyridine rings is 1. The largest absolute Gasteiger partial charge is 0.310 e. The first kappa shape index (κ1) is 27.6. The van der Waals surface area contributed by atoms with Gasteiger partial charge in [-0.1, -0.05) is 117 Å². The highest BCUT2D eigenvalue weighted by atomic mass is 31.2. The highest BCUT2D eigenvalue weighted by Gasteiger charge is 2.37. The van der Waals surface area contributed by atoms with Gasteiger partial charge in [0.1, 0.15) is 5.44 Å². The summed E-state index contributed by atoms with van der Waals surface area (Å²) in [6.45, 7) is 4.51. The van der Waals surface area contributed by atoms with Crippen molar-refractivity contribution in [2.45, 2.75) is 19.3 Å². The van der Waals surface area contributed by atoms with Gasteiger partial charge in [-0.05, 0) is 53.6 Å². The van der Waals surface area contributed by atoms with Crippen molar-refractivity contribution in [2.24, 2.45) is 0 Å². The predicted molar refractivity (Wildman–Crippen MR) is 181 cm³/mol. The van der Waals surface area contributed by atoms with Crippen LogP contribution in [0.3, 0.4) is 0 Å². The Hall–Kier alpha value is -5.23. The molecular formula is C39H30N3OP. The van der Waals surface area contributed by atoms with Crippen molar-refractivity contribution in [3.8, 4) is 17.3 Å². The van der Waals surface area contributed by atoms with E-state index in [9.17, 15) is 5.26 Å². The summed E-state index contributed by atoms with van der Waals surface area (Å²) in [6, 6.07) is 49.9. The first-order valence-corrected chi connectivity index (χ1v) is 16.4. The van der Waals surface area contributed by atoms with Crippen molar-refractivity contribution in [3.63, 3.8) is 0 Å². The van der Waals surface area contributed by atoms with Gasteiger partial charge < -0.3 is 9.46 Å². The third kappa shape index (κ3) is 4.45. The van der Waals surface area contributed by atoms with Crippen LogP contribution in [0.5, 0.6) is 0 Å². The summed E-state index contributed by atoms with van der Waals surface area (Å²) in [5.74, 6) is 0. The molecule has 0 radical (unpaired) electrons. The zero-order valence-electron chi connectivity index (χ0n) is 24.6. The van der Waals surface area contributed by atoms with Crippen molar-refractivity contribution in [1.82, 2.24) is 4.98 Å². The van der Waals surface area contributed by atoms with E-state index in [0.29, 0.717) is 16.7 Å². The first-order valence-electron chi connectivity index (χ1n) is 14.6. The number of nitriles is 1. The quantitative estimate of drug-likeness (QED) is 0.190. The lowest BCUT2D eigenvalue weighted by Gasteiger charge is -2.42. The van der Waals surface area contributed by atoms with Crippen LogP contribution in [-0.4, -0.2) is 4.98 Å². The van der Waals surface area contributed by atoms with Crippen LogP contribution >= 0.6 is 7.14 Å². The van der Waals surface area contributed by atoms with E-state index in [2.05, 4.69) is 79.4 Å². The van der Waals surface area contributed by atoms with Gasteiger partial charge in [-0.15, -0.1) is 0 Å². The topological polar surface area (TPSA) is 57.0 Å². The second-order valence-corrected chi connectivity index (χ2v) is 14.2. The molecule has 5 aromatic carbocycles. The lowest BCUT2D eigenvalue weighted by Crippen LogP contribution is -2.30. The van der Waals surface area contributed by atoms with E-state index in [4.69, 9.17) is 4.98 Å². The van der Waals surface area contributed by atoms with Crippen molar-refractivity contribution in [3.05, 3.63) is 162 Å². The van der Waals surface area contributed by atoms with Gasteiger partial charge in [0.15, 0.2) is 7.14 Å². The van der Waals surface area contributed by atoms with Crippen molar-refractivity contribution in [2.75, 3.05) is 4.90 Å². The van der Waals surface area contributed by atoms with Crippen molar-refractivity contribution >= 4 is 40.2 Å². The molecule has 5 heteroatoms. The van der Waals surface area contributed by atoms with E-state index in [0.717, 1.165) is 33.2 Å². The lowest BCUT2D eigenvalue weighted by molar-refractivity contribution is 0.592. The molecule has 212 valence electrons. The number of benzene rings is 5. The number of para-hydroxylation sites is 2. The van der Waals surface area contributed by atoms with Crippen LogP contribution in [-0.2, 0) is 9.98 Å². The van der Waals surface area contributed by atoms with Gasteiger partial charge in [0.05, 0.1) is 28.7 Å². The molecule has 1 aliphatic heterocycles. The van der Waals surface area contributed by atoms with Crippen molar-refractivity contribution < 1.29 is 4.57 Å². The minimum absolute atomic E-state index is 0.189. The highest BCUT2D eigenvalue weighted by Crippen LogP contribution is 2.52. The third-order valence-electron chi connectivity index (χ3n) is 8.53. The summed E-state index contributed by atoms with van der Waals surface area (Å²) in [7, 11) is -3.27. The van der Waals surface area contributed by atoms with E-state index in [-0.39, 0.29) is 5.41 Å². The number of hydrogen-bond acceptors (Lipinski definition) is 4. The maximum Gasteiger partial charge on any atom is 0.188 e. The zero-order valence-corrected chi connectivity index (χ0v) is 25.4. The molecule has 44 heavy (non-hydrogen) atoms. The summed E-state index contributed by atoms with van der Waals surface area (Å²) in [5.41, 5.74) is 7.75. The predicted octanol–water partition coefficient (Wildman–Crippen LogP) is 8.37. The molecule has 4 nitrogen and oxygen atoms in total. The second kappa shape index (κ2) is 10.8. The molecule has 0 atom stereocenters. The monoisotopic (exact) mass is 587 g/mol. The Labute approximate surface area is 258 Å². The molecule has 0 unspecified atom stereocenters. The maximum absolute atomic E-state index is 15.1. The van der Waals surface area contributed by atoms with E-state index < -0.39 is 7.14 Å². The molecule has 2 heterocycles. The van der Waals surface area contributed by atoms with Gasteiger partial charge in [0, 0.05) is 27.3 Å². The molecule has 0 bridgehead atoms. The number of fused-ring (bicyclic) bond motifs is 2. The normalized spacial score (nSPS) is 13.4. The summed E-state index contributed by atoms with van der Waals surface area (Å²) < 4.78 is 15.1. The molecule has 1 aliphatic rings. The average Bonchev–Trinajstić information content (AvgIpc) is 3.09. The van der Waals surface area contributed by atoms with Crippen molar-refractivity contribution in [1.29, 1.82) is 5.26 Å². The Balaban J connectivity index is 1.41. The molecule has 0 saturated heterocycles. The number of hydrogen-bond donors (Lipinski definition) is 0. The van der Waals surface area contributed by atoms with E-state index in [1.54, 1.807) is 0 Å². The van der Waals surface area contributed by atoms with Gasteiger partial charge in [0.25, 0.3) is 0 Å². The standard InChI is InChI=1S/C39H30N3OP/c1-39(2)33-18-9-11-21-36(33)42(37-22-12-10-19-34(37)39)30-25-28(27-40)24-29(26-30)35-20-13-23-38(41-35)44(43,31-14-5-3-6-15-31)32-16-7-4-8-17-32/h3-26H,1-2H3. The molecule has 0 fully saturated rings. The highest BCUT2D eigenvalue weighted by molar-refractivity contribution is 7.85. The minimum Gasteiger partial charge on any atom is -0.310 e. The minimum atomic E-state index is -3.27. The van der Waals surface area contributed by atoms with Crippen LogP contribution < -0.4 is 20.9 Å². The van der Waals surface area contributed by atoms with E-state index in [1.165, 1.54) is 11.1 Å². The lowest BCUT2D eigenvalue weighted by atomic mass is 9.73. The van der Waals surface area contributed by atoms with Gasteiger partial charge in [-0.2, -0.15) is 5.26 Å². The Morgan fingerprint density at radius 1 is 0.659 bits per heavy atom. The van der Waals surface area contributed by atoms with Crippen LogP contribution in [0.2, 0.25) is 0 Å². The summed E-state index contributed by atoms with van der Waals surface area (Å²) >= 11 is 0. The van der Waals surface area contributed by atoms with Crippen LogP contribution in [0, 0.1) is 11.3 Å². The van der Waals surface area contributed by atoms with Crippen LogP contribution in [0.4, 0.5) is 17.1 Å². The molecule has 6 aromatic rings. The summed E-state index contributed by atoms with van der Waals surface area (Å²) in [5, 5.41) is 11.6. The summed E-state index contributed by atoms with van der Waals surface area (Å²) in [6.07, 6.45) is 0. The molecule has 0 N–H and O–H groups in total. The SMILES string of the molecule is CC1(C)c2ccccc2N(c2cc(C#N)cc(-c3cccc(P(=O)(c4ccccc4)c4ccccc4)n3)c2)c2ccccc21. The molecule has 7 rings (SSSR count). The molecule has 0 saturated carbocycles. The molecule has 0 aliphatic carbocycles. The van der Waals surface area contributed by atoms with Gasteiger partial charge in [0.2, 0.25) is 0 Å². The molecule has 1 aromatic heterocycles. The summed E-state index contributed by atoms with van der Waals surface area (Å²) in [4.78, 5) is 7.29. The van der Waals surface area contributed by atoms with E-state index >= 15 is 4.57 Å². The molecule has 0 amide bonds. The van der Waals surface area contributed by atoms with Gasteiger partial charge in [-0.3, -0.25) is 0 Å². The zero-order chi connectivity index (χ0) is 30.3. The fourth-order valence-electron chi connectivity index (χ4n) is 6.35. The first-order chi connectivity index (χ1) is 21.4. The average molecular weight is 588 g/mol. The maximum atomic E-state index is 15.1. The third-order valence-corrected chi connectivity index (χ3v) is 11.5.